The van der Waals surface area contributed by atoms with Crippen LogP contribution in [0.3, 0.4) is 0 Å². The van der Waals surface area contributed by atoms with E-state index in [0.717, 1.165) is 5.56 Å². The van der Waals surface area contributed by atoms with Crippen molar-refractivity contribution in [3.8, 4) is 12.3 Å². The molecule has 0 aliphatic heterocycles. The number of hydrogen-bond donors (Lipinski definition) is 1. The molecule has 1 nitrogen and oxygen atoms in total. The first-order valence-corrected chi connectivity index (χ1v) is 5.88. The molecule has 0 heterocycles. The molecule has 2 rings (SSSR count). The first-order chi connectivity index (χ1) is 8.19. The van der Waals surface area contributed by atoms with E-state index in [1.807, 2.05) is 42.5 Å². The van der Waals surface area contributed by atoms with Gasteiger partial charge in [-0.1, -0.05) is 48.0 Å². The molecule has 2 heteroatoms. The lowest BCUT2D eigenvalue weighted by Crippen LogP contribution is -2.43. The zero-order chi connectivity index (χ0) is 12.3. The van der Waals surface area contributed by atoms with Gasteiger partial charge in [0.05, 0.1) is 0 Å². The van der Waals surface area contributed by atoms with Crippen LogP contribution in [0.5, 0.6) is 0 Å². The second-order valence-electron chi connectivity index (χ2n) is 4.20. The van der Waals surface area contributed by atoms with Gasteiger partial charge in [-0.3, -0.25) is 0 Å². The third-order valence-corrected chi connectivity index (χ3v) is 3.45. The summed E-state index contributed by atoms with van der Waals surface area (Å²) in [5.74, 6) is 2.72. The zero-order valence-electron chi connectivity index (χ0n) is 9.44. The quantitative estimate of drug-likeness (QED) is 0.794. The highest BCUT2D eigenvalue weighted by molar-refractivity contribution is 6.30. The fraction of sp³-hybridized carbons (Fsp3) is 0.200. The van der Waals surface area contributed by atoms with E-state index in [9.17, 15) is 0 Å². The van der Waals surface area contributed by atoms with Crippen LogP contribution < -0.4 is 5.73 Å². The van der Waals surface area contributed by atoms with Crippen molar-refractivity contribution >= 4 is 11.6 Å². The molecule has 1 aromatic carbocycles. The lowest BCUT2D eigenvalue weighted by molar-refractivity contribution is 0.484. The largest absolute Gasteiger partial charge is 0.323 e. The number of terminal acetylenes is 1. The van der Waals surface area contributed by atoms with Crippen LogP contribution in [0.1, 0.15) is 12.0 Å². The number of nitrogens with two attached hydrogens (primary N) is 1. The van der Waals surface area contributed by atoms with Crippen molar-refractivity contribution in [1.82, 2.24) is 0 Å². The highest BCUT2D eigenvalue weighted by Crippen LogP contribution is 2.35. The van der Waals surface area contributed by atoms with Gasteiger partial charge in [-0.25, -0.2) is 0 Å². The third kappa shape index (κ3) is 2.15. The molecular weight excluding hydrogens is 230 g/mol. The van der Waals surface area contributed by atoms with Crippen LogP contribution in [-0.2, 0) is 5.41 Å². The molecule has 86 valence electrons. The lowest BCUT2D eigenvalue weighted by Gasteiger charge is -2.35. The number of hydrogen-bond acceptors (Lipinski definition) is 1. The molecule has 0 aromatic heterocycles. The average molecular weight is 244 g/mol. The smallest absolute Gasteiger partial charge is 0.0431 e. The highest BCUT2D eigenvalue weighted by Gasteiger charge is 2.35. The minimum absolute atomic E-state index is 0.107. The summed E-state index contributed by atoms with van der Waals surface area (Å²) in [7, 11) is 0. The topological polar surface area (TPSA) is 26.0 Å². The Morgan fingerprint density at radius 2 is 2.00 bits per heavy atom. The Morgan fingerprint density at radius 1 is 1.29 bits per heavy atom. The van der Waals surface area contributed by atoms with Gasteiger partial charge < -0.3 is 5.73 Å². The van der Waals surface area contributed by atoms with Crippen molar-refractivity contribution in [3.63, 3.8) is 0 Å². The Labute approximate surface area is 107 Å². The average Bonchev–Trinajstić information content (AvgIpc) is 2.33. The van der Waals surface area contributed by atoms with Gasteiger partial charge in [-0.05, 0) is 17.7 Å². The van der Waals surface area contributed by atoms with Gasteiger partial charge in [0, 0.05) is 22.9 Å². The monoisotopic (exact) mass is 243 g/mol. The molecule has 0 fully saturated rings. The summed E-state index contributed by atoms with van der Waals surface area (Å²) >= 11 is 5.91. The summed E-state index contributed by atoms with van der Waals surface area (Å²) in [5.41, 5.74) is 7.00. The van der Waals surface area contributed by atoms with E-state index in [1.54, 1.807) is 0 Å². The second kappa shape index (κ2) is 4.79. The van der Waals surface area contributed by atoms with Crippen LogP contribution in [0.2, 0.25) is 5.02 Å². The number of rotatable bonds is 2. The Balaban J connectivity index is 2.48. The number of allylic oxidation sites excluding steroid dienone is 2. The molecule has 0 bridgehead atoms. The summed E-state index contributed by atoms with van der Waals surface area (Å²) in [6.07, 6.45) is 14.1. The molecule has 17 heavy (non-hydrogen) atoms. The second-order valence-corrected chi connectivity index (χ2v) is 4.63. The fourth-order valence-corrected chi connectivity index (χ4v) is 2.32. The molecule has 0 saturated heterocycles. The van der Waals surface area contributed by atoms with Gasteiger partial charge in [-0.2, -0.15) is 0 Å². The molecule has 0 saturated carbocycles. The molecule has 0 radical (unpaired) electrons. The van der Waals surface area contributed by atoms with Crippen LogP contribution in [-0.4, -0.2) is 6.04 Å². The third-order valence-electron chi connectivity index (χ3n) is 3.19. The van der Waals surface area contributed by atoms with Crippen molar-refractivity contribution in [2.24, 2.45) is 5.73 Å². The lowest BCUT2D eigenvalue weighted by atomic mass is 9.70. The van der Waals surface area contributed by atoms with E-state index in [4.69, 9.17) is 23.8 Å². The van der Waals surface area contributed by atoms with Gasteiger partial charge in [0.15, 0.2) is 0 Å². The van der Waals surface area contributed by atoms with Crippen LogP contribution in [0.4, 0.5) is 0 Å². The fourth-order valence-electron chi connectivity index (χ4n) is 2.19. The summed E-state index contributed by atoms with van der Waals surface area (Å²) in [6.45, 7) is 0. The van der Waals surface area contributed by atoms with E-state index in [0.29, 0.717) is 11.4 Å². The van der Waals surface area contributed by atoms with E-state index in [1.165, 1.54) is 0 Å². The van der Waals surface area contributed by atoms with E-state index < -0.39 is 0 Å². The summed E-state index contributed by atoms with van der Waals surface area (Å²) in [5, 5.41) is 0.716. The molecule has 2 N–H and O–H groups in total. The normalized spacial score (nSPS) is 26.8. The molecule has 2 atom stereocenters. The molecule has 1 aliphatic rings. The highest BCUT2D eigenvalue weighted by atomic mass is 35.5. The first kappa shape index (κ1) is 12.0. The van der Waals surface area contributed by atoms with Gasteiger partial charge in [0.1, 0.15) is 0 Å². The summed E-state index contributed by atoms with van der Waals surface area (Å²) < 4.78 is 0. The molecule has 1 aromatic rings. The molecular formula is C15H14ClN. The maximum absolute atomic E-state index is 6.20. The van der Waals surface area contributed by atoms with E-state index >= 15 is 0 Å². The van der Waals surface area contributed by atoms with E-state index in [-0.39, 0.29) is 11.5 Å². The van der Waals surface area contributed by atoms with Gasteiger partial charge in [0.25, 0.3) is 0 Å². The molecule has 2 unspecified atom stereocenters. The predicted octanol–water partition coefficient (Wildman–Crippen LogP) is 3.05. The van der Waals surface area contributed by atoms with Crippen LogP contribution in [0.15, 0.2) is 48.6 Å². The Bertz CT molecular complexity index is 493. The molecule has 0 spiro atoms. The predicted molar refractivity (Wildman–Crippen MR) is 72.8 cm³/mol. The summed E-state index contributed by atoms with van der Waals surface area (Å²) in [6, 6.07) is 7.61. The van der Waals surface area contributed by atoms with Crippen molar-refractivity contribution in [3.05, 3.63) is 59.2 Å². The van der Waals surface area contributed by atoms with Crippen molar-refractivity contribution in [2.45, 2.75) is 17.9 Å². The van der Waals surface area contributed by atoms with Crippen molar-refractivity contribution in [1.29, 1.82) is 0 Å². The minimum Gasteiger partial charge on any atom is -0.323 e. The summed E-state index contributed by atoms with van der Waals surface area (Å²) in [4.78, 5) is 0. The van der Waals surface area contributed by atoms with Crippen LogP contribution >= 0.6 is 11.6 Å². The maximum atomic E-state index is 6.20. The Morgan fingerprint density at radius 3 is 2.59 bits per heavy atom. The number of halogens is 1. The zero-order valence-corrected chi connectivity index (χ0v) is 10.2. The standard InChI is InChI=1S/C15H14ClN/c1-2-10-15(11-4-3-5-14(15)17)12-6-8-13(16)9-7-12/h1,3-9,11,14H,10,17H2. The molecule has 1 aliphatic carbocycles. The van der Waals surface area contributed by atoms with Crippen molar-refractivity contribution in [2.75, 3.05) is 0 Å². The number of benzene rings is 1. The van der Waals surface area contributed by atoms with Crippen LogP contribution in [0.25, 0.3) is 0 Å². The van der Waals surface area contributed by atoms with Gasteiger partial charge in [0.2, 0.25) is 0 Å². The Kier molecular flexibility index (Phi) is 3.38. The SMILES string of the molecule is C#CCC1(c2ccc(Cl)cc2)C=CC=CC1N. The molecule has 0 amide bonds. The van der Waals surface area contributed by atoms with Crippen molar-refractivity contribution < 1.29 is 0 Å². The minimum atomic E-state index is -0.311. The Hall–Kier alpha value is -1.49. The van der Waals surface area contributed by atoms with E-state index in [2.05, 4.69) is 12.0 Å². The maximum Gasteiger partial charge on any atom is 0.0431 e. The van der Waals surface area contributed by atoms with Gasteiger partial charge >= 0.3 is 0 Å². The van der Waals surface area contributed by atoms with Gasteiger partial charge in [-0.15, -0.1) is 12.3 Å². The van der Waals surface area contributed by atoms with Crippen LogP contribution in [0, 0.1) is 12.3 Å². The first-order valence-electron chi connectivity index (χ1n) is 5.50.